The molecule has 0 aromatic carbocycles. The summed E-state index contributed by atoms with van der Waals surface area (Å²) in [6.07, 6.45) is 4.59. The molecule has 17 heavy (non-hydrogen) atoms. The summed E-state index contributed by atoms with van der Waals surface area (Å²) in [7, 11) is 3.32. The van der Waals surface area contributed by atoms with Crippen LogP contribution in [0.25, 0.3) is 10.8 Å². The second kappa shape index (κ2) is 5.09. The van der Waals surface area contributed by atoms with Crippen LogP contribution in [0.2, 0.25) is 0 Å². The van der Waals surface area contributed by atoms with Gasteiger partial charge in [0.1, 0.15) is 0 Å². The summed E-state index contributed by atoms with van der Waals surface area (Å²) in [5.41, 5.74) is 0.901. The minimum absolute atomic E-state index is 0.212. The van der Waals surface area contributed by atoms with Gasteiger partial charge in [0.05, 0.1) is 19.2 Å². The number of hydrogen-bond acceptors (Lipinski definition) is 5. The summed E-state index contributed by atoms with van der Waals surface area (Å²) >= 11 is 1.53. The third kappa shape index (κ3) is 2.71. The van der Waals surface area contributed by atoms with Gasteiger partial charge >= 0.3 is 5.97 Å². The second-order valence-electron chi connectivity index (χ2n) is 3.58. The van der Waals surface area contributed by atoms with Crippen LogP contribution in [0.15, 0.2) is 17.8 Å². The third-order valence-corrected chi connectivity index (χ3v) is 3.26. The van der Waals surface area contributed by atoms with Gasteiger partial charge in [0.25, 0.3) is 0 Å². The van der Waals surface area contributed by atoms with E-state index >= 15 is 0 Å². The summed E-state index contributed by atoms with van der Waals surface area (Å²) in [6.45, 7) is 0. The maximum Gasteiger partial charge on any atom is 0.305 e. The highest BCUT2D eigenvalue weighted by Crippen LogP contribution is 2.22. The van der Waals surface area contributed by atoms with Crippen molar-refractivity contribution in [3.63, 3.8) is 0 Å². The van der Waals surface area contributed by atoms with Crippen molar-refractivity contribution in [2.45, 2.75) is 12.8 Å². The first-order valence-electron chi connectivity index (χ1n) is 5.19. The number of ether oxygens (including phenoxy) is 1. The van der Waals surface area contributed by atoms with E-state index in [4.69, 9.17) is 0 Å². The molecule has 0 bridgehead atoms. The number of thiazole rings is 1. The quantitative estimate of drug-likeness (QED) is 0.775. The van der Waals surface area contributed by atoms with Crippen LogP contribution in [-0.4, -0.2) is 27.6 Å². The standard InChI is InChI=1S/C11H13N3O2S/c1-14-6-5-12-10(14)11-13-8(7-17-11)3-4-9(15)16-2/h5-7H,3-4H2,1-2H3. The average Bonchev–Trinajstić information content (AvgIpc) is 2.94. The number of imidazole rings is 1. The van der Waals surface area contributed by atoms with Gasteiger partial charge in [-0.25, -0.2) is 9.97 Å². The van der Waals surface area contributed by atoms with Crippen molar-refractivity contribution in [2.24, 2.45) is 7.05 Å². The highest BCUT2D eigenvalue weighted by molar-refractivity contribution is 7.13. The predicted octanol–water partition coefficient (Wildman–Crippen LogP) is 1.65. The monoisotopic (exact) mass is 251 g/mol. The van der Waals surface area contributed by atoms with Gasteiger partial charge in [0, 0.05) is 31.2 Å². The van der Waals surface area contributed by atoms with E-state index in [1.807, 2.05) is 23.2 Å². The first-order valence-corrected chi connectivity index (χ1v) is 6.07. The van der Waals surface area contributed by atoms with Crippen molar-refractivity contribution in [1.82, 2.24) is 14.5 Å². The zero-order chi connectivity index (χ0) is 12.3. The van der Waals surface area contributed by atoms with Crippen molar-refractivity contribution >= 4 is 17.3 Å². The number of nitrogens with zero attached hydrogens (tertiary/aromatic N) is 3. The van der Waals surface area contributed by atoms with Gasteiger partial charge in [-0.15, -0.1) is 11.3 Å². The van der Waals surface area contributed by atoms with Gasteiger partial charge in [-0.05, 0) is 0 Å². The Labute approximate surface area is 103 Å². The van der Waals surface area contributed by atoms with E-state index in [2.05, 4.69) is 14.7 Å². The topological polar surface area (TPSA) is 57.0 Å². The van der Waals surface area contributed by atoms with Crippen LogP contribution in [-0.2, 0) is 23.0 Å². The zero-order valence-corrected chi connectivity index (χ0v) is 10.5. The van der Waals surface area contributed by atoms with Gasteiger partial charge in [0.2, 0.25) is 0 Å². The highest BCUT2D eigenvalue weighted by Gasteiger charge is 2.10. The minimum Gasteiger partial charge on any atom is -0.469 e. The molecule has 0 N–H and O–H groups in total. The molecule has 2 aromatic rings. The molecule has 0 saturated carbocycles. The van der Waals surface area contributed by atoms with Crippen LogP contribution >= 0.6 is 11.3 Å². The zero-order valence-electron chi connectivity index (χ0n) is 9.71. The van der Waals surface area contributed by atoms with Crippen LogP contribution in [0.4, 0.5) is 0 Å². The molecule has 0 atom stereocenters. The van der Waals surface area contributed by atoms with E-state index in [1.165, 1.54) is 18.4 Å². The molecule has 2 heterocycles. The summed E-state index contributed by atoms with van der Waals surface area (Å²) < 4.78 is 6.51. The average molecular weight is 251 g/mol. The molecular formula is C11H13N3O2S. The lowest BCUT2D eigenvalue weighted by Gasteiger charge is -1.97. The molecule has 90 valence electrons. The first kappa shape index (κ1) is 11.8. The lowest BCUT2D eigenvalue weighted by Crippen LogP contribution is -2.02. The molecular weight excluding hydrogens is 238 g/mol. The van der Waals surface area contributed by atoms with Crippen molar-refractivity contribution in [2.75, 3.05) is 7.11 Å². The second-order valence-corrected chi connectivity index (χ2v) is 4.44. The molecule has 6 heteroatoms. The van der Waals surface area contributed by atoms with Gasteiger partial charge in [-0.1, -0.05) is 0 Å². The summed E-state index contributed by atoms with van der Waals surface area (Å²) in [5.74, 6) is 0.635. The Kier molecular flexibility index (Phi) is 3.53. The number of esters is 1. The molecule has 0 radical (unpaired) electrons. The third-order valence-electron chi connectivity index (χ3n) is 2.38. The van der Waals surface area contributed by atoms with E-state index < -0.39 is 0 Å². The van der Waals surface area contributed by atoms with Gasteiger partial charge in [-0.2, -0.15) is 0 Å². The van der Waals surface area contributed by atoms with E-state index in [-0.39, 0.29) is 5.97 Å². The van der Waals surface area contributed by atoms with Crippen molar-refractivity contribution < 1.29 is 9.53 Å². The fourth-order valence-corrected chi connectivity index (χ4v) is 2.32. The smallest absolute Gasteiger partial charge is 0.305 e. The largest absolute Gasteiger partial charge is 0.469 e. The predicted molar refractivity (Wildman–Crippen MR) is 64.7 cm³/mol. The number of aryl methyl sites for hydroxylation is 2. The lowest BCUT2D eigenvalue weighted by atomic mass is 10.2. The summed E-state index contributed by atoms with van der Waals surface area (Å²) in [4.78, 5) is 19.7. The normalized spacial score (nSPS) is 10.5. The SMILES string of the molecule is COC(=O)CCc1csc(-c2nccn2C)n1. The molecule has 0 aliphatic heterocycles. The van der Waals surface area contributed by atoms with Crippen LogP contribution in [0, 0.1) is 0 Å². The Balaban J connectivity index is 2.06. The molecule has 0 unspecified atom stereocenters. The molecule has 0 spiro atoms. The van der Waals surface area contributed by atoms with Gasteiger partial charge in [0.15, 0.2) is 10.8 Å². The Morgan fingerprint density at radius 2 is 2.41 bits per heavy atom. The molecule has 0 aliphatic rings. The van der Waals surface area contributed by atoms with Crippen LogP contribution < -0.4 is 0 Å². The minimum atomic E-state index is -0.212. The van der Waals surface area contributed by atoms with Crippen molar-refractivity contribution in [1.29, 1.82) is 0 Å². The fourth-order valence-electron chi connectivity index (χ4n) is 1.43. The van der Waals surface area contributed by atoms with Gasteiger partial charge < -0.3 is 9.30 Å². The van der Waals surface area contributed by atoms with Gasteiger partial charge in [-0.3, -0.25) is 4.79 Å². The Bertz CT molecular complexity index is 518. The Morgan fingerprint density at radius 1 is 1.59 bits per heavy atom. The molecule has 0 amide bonds. The maximum absolute atomic E-state index is 11.0. The molecule has 5 nitrogen and oxygen atoms in total. The highest BCUT2D eigenvalue weighted by atomic mass is 32.1. The number of carbonyl (C=O) groups is 1. The number of hydrogen-bond donors (Lipinski definition) is 0. The Hall–Kier alpha value is -1.69. The lowest BCUT2D eigenvalue weighted by molar-refractivity contribution is -0.140. The van der Waals surface area contributed by atoms with Crippen LogP contribution in [0.1, 0.15) is 12.1 Å². The summed E-state index contributed by atoms with van der Waals surface area (Å²) in [6, 6.07) is 0. The molecule has 0 aliphatic carbocycles. The van der Waals surface area contributed by atoms with E-state index in [1.54, 1.807) is 6.20 Å². The number of aromatic nitrogens is 3. The number of methoxy groups -OCH3 is 1. The first-order chi connectivity index (χ1) is 8.20. The Morgan fingerprint density at radius 3 is 3.06 bits per heavy atom. The maximum atomic E-state index is 11.0. The van der Waals surface area contributed by atoms with Crippen molar-refractivity contribution in [3.8, 4) is 10.8 Å². The fraction of sp³-hybridized carbons (Fsp3) is 0.364. The van der Waals surface area contributed by atoms with Crippen molar-refractivity contribution in [3.05, 3.63) is 23.5 Å². The molecule has 0 fully saturated rings. The molecule has 2 aromatic heterocycles. The van der Waals surface area contributed by atoms with Crippen LogP contribution in [0.3, 0.4) is 0 Å². The van der Waals surface area contributed by atoms with Crippen LogP contribution in [0.5, 0.6) is 0 Å². The summed E-state index contributed by atoms with van der Waals surface area (Å²) in [5, 5.41) is 2.82. The number of carbonyl (C=O) groups excluding carboxylic acids is 1. The van der Waals surface area contributed by atoms with E-state index in [0.717, 1.165) is 16.5 Å². The molecule has 2 rings (SSSR count). The van der Waals surface area contributed by atoms with E-state index in [0.29, 0.717) is 12.8 Å². The van der Waals surface area contributed by atoms with E-state index in [9.17, 15) is 4.79 Å². The molecule has 0 saturated heterocycles. The number of rotatable bonds is 4.